The summed E-state index contributed by atoms with van der Waals surface area (Å²) in [5.41, 5.74) is 1.35. The number of rotatable bonds is 5. The van der Waals surface area contributed by atoms with Crippen molar-refractivity contribution in [3.63, 3.8) is 0 Å². The van der Waals surface area contributed by atoms with Crippen molar-refractivity contribution < 1.29 is 0 Å². The molecule has 1 unspecified atom stereocenters. The molecular formula is C13H21Cl. The largest absolute Gasteiger partial charge is 0.0895 e. The molecule has 0 aliphatic carbocycles. The smallest absolute Gasteiger partial charge is 0.0150 e. The van der Waals surface area contributed by atoms with Crippen LogP contribution in [-0.4, -0.2) is 0 Å². The number of hydrogen-bond donors (Lipinski definition) is 0. The third-order valence-corrected chi connectivity index (χ3v) is 2.31. The quantitative estimate of drug-likeness (QED) is 0.559. The molecule has 0 aliphatic rings. The normalized spacial score (nSPS) is 16.4. The van der Waals surface area contributed by atoms with Crippen LogP contribution in [0.1, 0.15) is 40.5 Å². The van der Waals surface area contributed by atoms with E-state index in [2.05, 4.69) is 32.1 Å². The van der Waals surface area contributed by atoms with Gasteiger partial charge >= 0.3 is 0 Å². The molecule has 0 aromatic rings. The van der Waals surface area contributed by atoms with E-state index in [-0.39, 0.29) is 0 Å². The van der Waals surface area contributed by atoms with E-state index in [0.29, 0.717) is 0 Å². The first-order valence-corrected chi connectivity index (χ1v) is 5.63. The van der Waals surface area contributed by atoms with Crippen molar-refractivity contribution in [1.82, 2.24) is 0 Å². The Bertz CT molecular complexity index is 230. The zero-order valence-corrected chi connectivity index (χ0v) is 10.4. The summed E-state index contributed by atoms with van der Waals surface area (Å²) < 4.78 is 0. The fourth-order valence-corrected chi connectivity index (χ4v) is 1.24. The van der Waals surface area contributed by atoms with E-state index in [1.807, 2.05) is 19.9 Å². The molecule has 1 atom stereocenters. The van der Waals surface area contributed by atoms with Gasteiger partial charge < -0.3 is 0 Å². The fraction of sp³-hybridized carbons (Fsp3) is 0.538. The number of hydrogen-bond acceptors (Lipinski definition) is 0. The Morgan fingerprint density at radius 3 is 2.43 bits per heavy atom. The minimum Gasteiger partial charge on any atom is -0.0895 e. The Morgan fingerprint density at radius 1 is 1.36 bits per heavy atom. The number of allylic oxidation sites excluding steroid dienone is 6. The van der Waals surface area contributed by atoms with Crippen LogP contribution in [0.15, 0.2) is 34.9 Å². The lowest BCUT2D eigenvalue weighted by atomic mass is 9.98. The molecule has 1 heteroatoms. The third-order valence-electron chi connectivity index (χ3n) is 2.19. The Balaban J connectivity index is 4.44. The average Bonchev–Trinajstić information content (AvgIpc) is 2.14. The lowest BCUT2D eigenvalue weighted by Gasteiger charge is -2.08. The van der Waals surface area contributed by atoms with Crippen LogP contribution in [0.25, 0.3) is 0 Å². The van der Waals surface area contributed by atoms with E-state index < -0.39 is 0 Å². The van der Waals surface area contributed by atoms with Gasteiger partial charge in [0.2, 0.25) is 0 Å². The highest BCUT2D eigenvalue weighted by molar-refractivity contribution is 6.29. The number of halogens is 1. The van der Waals surface area contributed by atoms with Crippen molar-refractivity contribution in [3.05, 3.63) is 34.9 Å². The maximum atomic E-state index is 5.78. The van der Waals surface area contributed by atoms with E-state index in [0.717, 1.165) is 17.4 Å². The molecule has 0 amide bonds. The molecule has 0 spiro atoms. The van der Waals surface area contributed by atoms with Crippen LogP contribution < -0.4 is 0 Å². The Morgan fingerprint density at radius 2 is 2.00 bits per heavy atom. The second-order valence-corrected chi connectivity index (χ2v) is 4.31. The van der Waals surface area contributed by atoms with Crippen molar-refractivity contribution in [1.29, 1.82) is 0 Å². The van der Waals surface area contributed by atoms with Gasteiger partial charge in [0, 0.05) is 5.03 Å². The van der Waals surface area contributed by atoms with Gasteiger partial charge in [-0.2, -0.15) is 0 Å². The molecule has 0 heterocycles. The monoisotopic (exact) mass is 212 g/mol. The predicted octanol–water partition coefficient (Wildman–Crippen LogP) is 5.07. The van der Waals surface area contributed by atoms with Gasteiger partial charge in [-0.05, 0) is 37.8 Å². The molecule has 0 saturated carbocycles. The van der Waals surface area contributed by atoms with Crippen LogP contribution in [0.4, 0.5) is 0 Å². The van der Waals surface area contributed by atoms with E-state index in [1.54, 1.807) is 0 Å². The molecule has 0 nitrogen and oxygen atoms in total. The molecule has 0 rings (SSSR count). The van der Waals surface area contributed by atoms with Crippen molar-refractivity contribution in [2.24, 2.45) is 5.92 Å². The minimum absolute atomic E-state index is 0.737. The summed E-state index contributed by atoms with van der Waals surface area (Å²) in [5.74, 6) is 0.737. The Hall–Kier alpha value is -0.490. The van der Waals surface area contributed by atoms with Crippen LogP contribution in [0.3, 0.4) is 0 Å². The van der Waals surface area contributed by atoms with Crippen LogP contribution in [-0.2, 0) is 0 Å². The summed E-state index contributed by atoms with van der Waals surface area (Å²) in [6.45, 7) is 8.44. The van der Waals surface area contributed by atoms with Crippen molar-refractivity contribution in [2.45, 2.75) is 40.5 Å². The molecule has 80 valence electrons. The Kier molecular flexibility index (Phi) is 7.60. The molecule has 14 heavy (non-hydrogen) atoms. The maximum Gasteiger partial charge on any atom is 0.0150 e. The molecule has 0 aromatic carbocycles. The highest BCUT2D eigenvalue weighted by Gasteiger charge is 2.00. The molecule has 0 radical (unpaired) electrons. The first kappa shape index (κ1) is 13.5. The SMILES string of the molecule is C\C=C/C(=C\C=C(/C)Cl)CC(C)CC. The van der Waals surface area contributed by atoms with E-state index >= 15 is 0 Å². The lowest BCUT2D eigenvalue weighted by Crippen LogP contribution is -1.93. The zero-order chi connectivity index (χ0) is 11.0. The lowest BCUT2D eigenvalue weighted by molar-refractivity contribution is 0.562. The van der Waals surface area contributed by atoms with Gasteiger partial charge in [-0.1, -0.05) is 50.1 Å². The van der Waals surface area contributed by atoms with E-state index in [1.165, 1.54) is 12.0 Å². The van der Waals surface area contributed by atoms with Gasteiger partial charge in [-0.3, -0.25) is 0 Å². The second-order valence-electron chi connectivity index (χ2n) is 3.71. The molecular weight excluding hydrogens is 192 g/mol. The summed E-state index contributed by atoms with van der Waals surface area (Å²) >= 11 is 5.78. The standard InChI is InChI=1S/C13H21Cl/c1-5-7-13(9-8-12(4)14)10-11(3)6-2/h5,7-9,11H,6,10H2,1-4H3/b7-5-,12-8+,13-9+. The van der Waals surface area contributed by atoms with Crippen LogP contribution >= 0.6 is 11.6 Å². The fourth-order valence-electron chi connectivity index (χ4n) is 1.17. The first-order chi connectivity index (χ1) is 6.60. The van der Waals surface area contributed by atoms with Gasteiger partial charge in [0.15, 0.2) is 0 Å². The van der Waals surface area contributed by atoms with Crippen molar-refractivity contribution >= 4 is 11.6 Å². The topological polar surface area (TPSA) is 0 Å². The summed E-state index contributed by atoms with van der Waals surface area (Å²) in [6, 6.07) is 0. The molecule has 0 bridgehead atoms. The summed E-state index contributed by atoms with van der Waals surface area (Å²) in [4.78, 5) is 0. The van der Waals surface area contributed by atoms with E-state index in [9.17, 15) is 0 Å². The van der Waals surface area contributed by atoms with Gasteiger partial charge in [0.05, 0.1) is 0 Å². The highest BCUT2D eigenvalue weighted by Crippen LogP contribution is 2.16. The first-order valence-electron chi connectivity index (χ1n) is 5.25. The summed E-state index contributed by atoms with van der Waals surface area (Å²) in [7, 11) is 0. The van der Waals surface area contributed by atoms with Crippen LogP contribution in [0.2, 0.25) is 0 Å². The third kappa shape index (κ3) is 6.97. The summed E-state index contributed by atoms with van der Waals surface area (Å²) in [6.07, 6.45) is 10.6. The molecule has 0 aliphatic heterocycles. The molecule has 0 fully saturated rings. The second kappa shape index (κ2) is 7.87. The van der Waals surface area contributed by atoms with Gasteiger partial charge in [-0.25, -0.2) is 0 Å². The van der Waals surface area contributed by atoms with Crippen molar-refractivity contribution in [2.75, 3.05) is 0 Å². The molecule has 0 saturated heterocycles. The zero-order valence-electron chi connectivity index (χ0n) is 9.68. The predicted molar refractivity (Wildman–Crippen MR) is 66.6 cm³/mol. The molecule has 0 aromatic heterocycles. The maximum absolute atomic E-state index is 5.78. The van der Waals surface area contributed by atoms with Gasteiger partial charge in [0.25, 0.3) is 0 Å². The van der Waals surface area contributed by atoms with E-state index in [4.69, 9.17) is 11.6 Å². The average molecular weight is 213 g/mol. The van der Waals surface area contributed by atoms with Gasteiger partial charge in [-0.15, -0.1) is 0 Å². The Labute approximate surface area is 93.4 Å². The van der Waals surface area contributed by atoms with Crippen LogP contribution in [0, 0.1) is 5.92 Å². The van der Waals surface area contributed by atoms with Gasteiger partial charge in [0.1, 0.15) is 0 Å². The minimum atomic E-state index is 0.737. The summed E-state index contributed by atoms with van der Waals surface area (Å²) in [5, 5.41) is 0.830. The van der Waals surface area contributed by atoms with Crippen molar-refractivity contribution in [3.8, 4) is 0 Å². The van der Waals surface area contributed by atoms with Crippen LogP contribution in [0.5, 0.6) is 0 Å². The highest BCUT2D eigenvalue weighted by atomic mass is 35.5. The molecule has 0 N–H and O–H groups in total.